The number of aliphatic hydroxyl groups is 1. The lowest BCUT2D eigenvalue weighted by Crippen LogP contribution is -2.12. The SMILES string of the molecule is Cc1cc(S(=O)(=O)Nc2cccc(F)c2C)sc1CO. The van der Waals surface area contributed by atoms with Gasteiger partial charge in [-0.1, -0.05) is 6.07 Å². The molecule has 0 radical (unpaired) electrons. The van der Waals surface area contributed by atoms with Crippen LogP contribution in [0.15, 0.2) is 28.5 Å². The second-order valence-corrected chi connectivity index (χ2v) is 7.39. The van der Waals surface area contributed by atoms with Crippen LogP contribution in [0.1, 0.15) is 16.0 Å². The molecule has 0 fully saturated rings. The lowest BCUT2D eigenvalue weighted by molar-refractivity contribution is 0.285. The van der Waals surface area contributed by atoms with Crippen molar-refractivity contribution in [1.29, 1.82) is 0 Å². The molecule has 1 heterocycles. The maximum Gasteiger partial charge on any atom is 0.271 e. The number of aliphatic hydroxyl groups excluding tert-OH is 1. The van der Waals surface area contributed by atoms with Crippen LogP contribution in [0, 0.1) is 19.7 Å². The quantitative estimate of drug-likeness (QED) is 0.912. The number of hydrogen-bond acceptors (Lipinski definition) is 4. The van der Waals surface area contributed by atoms with E-state index in [0.29, 0.717) is 10.4 Å². The van der Waals surface area contributed by atoms with E-state index < -0.39 is 15.8 Å². The molecule has 108 valence electrons. The zero-order chi connectivity index (χ0) is 14.9. The molecule has 2 N–H and O–H groups in total. The van der Waals surface area contributed by atoms with E-state index in [1.54, 1.807) is 6.92 Å². The summed E-state index contributed by atoms with van der Waals surface area (Å²) in [6, 6.07) is 5.71. The van der Waals surface area contributed by atoms with Crippen molar-refractivity contribution < 1.29 is 17.9 Å². The smallest absolute Gasteiger partial charge is 0.271 e. The first-order valence-electron chi connectivity index (χ1n) is 5.83. The Hall–Kier alpha value is -1.44. The van der Waals surface area contributed by atoms with E-state index in [4.69, 9.17) is 5.11 Å². The first-order valence-corrected chi connectivity index (χ1v) is 8.13. The summed E-state index contributed by atoms with van der Waals surface area (Å²) in [5.41, 5.74) is 1.17. The third-order valence-electron chi connectivity index (χ3n) is 2.92. The van der Waals surface area contributed by atoms with E-state index in [2.05, 4.69) is 4.72 Å². The molecule has 1 aromatic carbocycles. The van der Waals surface area contributed by atoms with Gasteiger partial charge in [0.05, 0.1) is 12.3 Å². The summed E-state index contributed by atoms with van der Waals surface area (Å²) < 4.78 is 40.4. The number of anilines is 1. The van der Waals surface area contributed by atoms with E-state index in [1.165, 1.54) is 31.2 Å². The highest BCUT2D eigenvalue weighted by Gasteiger charge is 2.20. The van der Waals surface area contributed by atoms with Crippen molar-refractivity contribution in [2.24, 2.45) is 0 Å². The monoisotopic (exact) mass is 315 g/mol. The van der Waals surface area contributed by atoms with Gasteiger partial charge in [-0.15, -0.1) is 11.3 Å². The number of rotatable bonds is 4. The summed E-state index contributed by atoms with van der Waals surface area (Å²) in [5, 5.41) is 9.11. The van der Waals surface area contributed by atoms with Gasteiger partial charge in [-0.3, -0.25) is 4.72 Å². The molecule has 0 amide bonds. The number of hydrogen-bond donors (Lipinski definition) is 2. The molecule has 0 aliphatic rings. The van der Waals surface area contributed by atoms with Gasteiger partial charge < -0.3 is 5.11 Å². The second-order valence-electron chi connectivity index (χ2n) is 4.35. The average Bonchev–Trinajstić information content (AvgIpc) is 2.77. The lowest BCUT2D eigenvalue weighted by Gasteiger charge is -2.09. The topological polar surface area (TPSA) is 66.4 Å². The van der Waals surface area contributed by atoms with Gasteiger partial charge in [-0.25, -0.2) is 12.8 Å². The highest BCUT2D eigenvalue weighted by molar-refractivity contribution is 7.94. The Bertz CT molecular complexity index is 738. The highest BCUT2D eigenvalue weighted by atomic mass is 32.2. The van der Waals surface area contributed by atoms with Crippen molar-refractivity contribution >= 4 is 27.0 Å². The summed E-state index contributed by atoms with van der Waals surface area (Å²) in [5.74, 6) is -0.469. The predicted molar refractivity (Wildman–Crippen MR) is 76.9 cm³/mol. The molecule has 2 aromatic rings. The van der Waals surface area contributed by atoms with Gasteiger partial charge in [0.1, 0.15) is 10.0 Å². The van der Waals surface area contributed by atoms with Gasteiger partial charge in [0.2, 0.25) is 0 Å². The standard InChI is InChI=1S/C13H14FNO3S2/c1-8-6-13(19-12(8)7-16)20(17,18)15-11-5-3-4-10(14)9(11)2/h3-6,15-16H,7H2,1-2H3. The molecule has 0 bridgehead atoms. The van der Waals surface area contributed by atoms with E-state index in [1.807, 2.05) is 0 Å². The fourth-order valence-corrected chi connectivity index (χ4v) is 4.26. The third kappa shape index (κ3) is 2.84. The van der Waals surface area contributed by atoms with Gasteiger partial charge in [0, 0.05) is 10.4 Å². The first-order chi connectivity index (χ1) is 9.35. The number of aryl methyl sites for hydroxylation is 1. The fourth-order valence-electron chi connectivity index (χ4n) is 1.69. The average molecular weight is 315 g/mol. The summed E-state index contributed by atoms with van der Waals surface area (Å²) in [6.07, 6.45) is 0. The largest absolute Gasteiger partial charge is 0.391 e. The molecule has 0 unspecified atom stereocenters. The Balaban J connectivity index is 2.38. The molecule has 4 nitrogen and oxygen atoms in total. The Labute approximate surface area is 120 Å². The summed E-state index contributed by atoms with van der Waals surface area (Å²) in [4.78, 5) is 0.598. The van der Waals surface area contributed by atoms with Crippen LogP contribution in [0.5, 0.6) is 0 Å². The number of nitrogens with one attached hydrogen (secondary N) is 1. The zero-order valence-corrected chi connectivity index (χ0v) is 12.6. The normalized spacial score (nSPS) is 11.6. The Morgan fingerprint density at radius 1 is 1.35 bits per heavy atom. The van der Waals surface area contributed by atoms with Crippen molar-refractivity contribution in [3.8, 4) is 0 Å². The van der Waals surface area contributed by atoms with Crippen molar-refractivity contribution in [2.45, 2.75) is 24.7 Å². The van der Waals surface area contributed by atoms with Crippen LogP contribution in [-0.2, 0) is 16.6 Å². The number of benzene rings is 1. The minimum absolute atomic E-state index is 0.0997. The Kier molecular flexibility index (Phi) is 4.12. The molecule has 0 aliphatic carbocycles. The predicted octanol–water partition coefficient (Wildman–Crippen LogP) is 2.80. The first kappa shape index (κ1) is 15.0. The van der Waals surface area contributed by atoms with Crippen LogP contribution >= 0.6 is 11.3 Å². The number of halogens is 1. The molecule has 0 aliphatic heterocycles. The second kappa shape index (κ2) is 5.51. The van der Waals surface area contributed by atoms with Gasteiger partial charge in [0.15, 0.2) is 0 Å². The molecule has 0 atom stereocenters. The van der Waals surface area contributed by atoms with Gasteiger partial charge in [0.25, 0.3) is 10.0 Å². The molecule has 20 heavy (non-hydrogen) atoms. The van der Waals surface area contributed by atoms with Crippen molar-refractivity contribution in [3.63, 3.8) is 0 Å². The molecule has 0 saturated heterocycles. The van der Waals surface area contributed by atoms with Crippen molar-refractivity contribution in [3.05, 3.63) is 46.1 Å². The van der Waals surface area contributed by atoms with Gasteiger partial charge >= 0.3 is 0 Å². The van der Waals surface area contributed by atoms with Crippen LogP contribution in [0.2, 0.25) is 0 Å². The van der Waals surface area contributed by atoms with E-state index >= 15 is 0 Å². The van der Waals surface area contributed by atoms with Crippen LogP contribution in [0.25, 0.3) is 0 Å². The molecule has 0 saturated carbocycles. The van der Waals surface area contributed by atoms with Crippen molar-refractivity contribution in [1.82, 2.24) is 0 Å². The lowest BCUT2D eigenvalue weighted by atomic mass is 10.2. The minimum Gasteiger partial charge on any atom is -0.391 e. The summed E-state index contributed by atoms with van der Waals surface area (Å²) in [6.45, 7) is 3.03. The van der Waals surface area contributed by atoms with E-state index in [9.17, 15) is 12.8 Å². The van der Waals surface area contributed by atoms with Crippen molar-refractivity contribution in [2.75, 3.05) is 4.72 Å². The van der Waals surface area contributed by atoms with Gasteiger partial charge in [-0.05, 0) is 37.6 Å². The van der Waals surface area contributed by atoms with Crippen LogP contribution in [0.3, 0.4) is 0 Å². The Morgan fingerprint density at radius 2 is 2.05 bits per heavy atom. The Morgan fingerprint density at radius 3 is 2.65 bits per heavy atom. The zero-order valence-electron chi connectivity index (χ0n) is 11.0. The molecule has 1 aromatic heterocycles. The van der Waals surface area contributed by atoms with Gasteiger partial charge in [-0.2, -0.15) is 0 Å². The summed E-state index contributed by atoms with van der Waals surface area (Å²) in [7, 11) is -3.77. The van der Waals surface area contributed by atoms with E-state index in [0.717, 1.165) is 11.3 Å². The van der Waals surface area contributed by atoms with Crippen LogP contribution in [-0.4, -0.2) is 13.5 Å². The summed E-state index contributed by atoms with van der Waals surface area (Å²) >= 11 is 1.00. The van der Waals surface area contributed by atoms with Crippen LogP contribution < -0.4 is 4.72 Å². The molecule has 7 heteroatoms. The van der Waals surface area contributed by atoms with Crippen LogP contribution in [0.4, 0.5) is 10.1 Å². The van der Waals surface area contributed by atoms with E-state index in [-0.39, 0.29) is 22.1 Å². The maximum atomic E-state index is 13.4. The third-order valence-corrected chi connectivity index (χ3v) is 5.98. The fraction of sp³-hybridized carbons (Fsp3) is 0.231. The maximum absolute atomic E-state index is 13.4. The minimum atomic E-state index is -3.77. The molecular formula is C13H14FNO3S2. The highest BCUT2D eigenvalue weighted by Crippen LogP contribution is 2.28. The molecule has 2 rings (SSSR count). The molecule has 0 spiro atoms. The molecular weight excluding hydrogens is 301 g/mol. The number of sulfonamides is 1. The number of thiophene rings is 1.